The molecule has 2 fully saturated rings. The first-order chi connectivity index (χ1) is 15.9. The molecule has 0 atom stereocenters. The number of primary amides is 1. The number of amides is 1. The third-order valence-electron chi connectivity index (χ3n) is 6.65. The highest BCUT2D eigenvalue weighted by molar-refractivity contribution is 6.32. The van der Waals surface area contributed by atoms with Crippen LogP contribution in [0.2, 0.25) is 5.02 Å². The van der Waals surface area contributed by atoms with Crippen molar-refractivity contribution in [3.63, 3.8) is 0 Å². The molecule has 2 saturated heterocycles. The molecule has 0 aromatic heterocycles. The second kappa shape index (κ2) is 10.4. The van der Waals surface area contributed by atoms with Gasteiger partial charge >= 0.3 is 5.97 Å². The number of hydrogen-bond donors (Lipinski definition) is 2. The van der Waals surface area contributed by atoms with Gasteiger partial charge in [-0.2, -0.15) is 0 Å². The topological polar surface area (TPSA) is 96.1 Å². The van der Waals surface area contributed by atoms with Gasteiger partial charge in [-0.1, -0.05) is 23.7 Å². The van der Waals surface area contributed by atoms with Crippen LogP contribution in [0, 0.1) is 5.92 Å². The molecular formula is C25H30ClN3O4. The molecule has 0 unspecified atom stereocenters. The first-order valence-corrected chi connectivity index (χ1v) is 11.8. The Labute approximate surface area is 199 Å². The largest absolute Gasteiger partial charge is 0.489 e. The molecule has 2 aromatic carbocycles. The van der Waals surface area contributed by atoms with Crippen LogP contribution in [0.15, 0.2) is 42.5 Å². The predicted molar refractivity (Wildman–Crippen MR) is 128 cm³/mol. The lowest BCUT2D eigenvalue weighted by Crippen LogP contribution is -2.43. The van der Waals surface area contributed by atoms with Gasteiger partial charge in [0, 0.05) is 38.3 Å². The Morgan fingerprint density at radius 3 is 2.36 bits per heavy atom. The molecule has 33 heavy (non-hydrogen) atoms. The third kappa shape index (κ3) is 5.78. The van der Waals surface area contributed by atoms with Crippen LogP contribution in [-0.2, 0) is 0 Å². The summed E-state index contributed by atoms with van der Waals surface area (Å²) in [6.45, 7) is 4.78. The summed E-state index contributed by atoms with van der Waals surface area (Å²) in [4.78, 5) is 27.5. The molecule has 0 saturated carbocycles. The third-order valence-corrected chi connectivity index (χ3v) is 6.95. The molecule has 1 amide bonds. The average Bonchev–Trinajstić information content (AvgIpc) is 2.82. The molecule has 3 N–H and O–H groups in total. The molecular weight excluding hydrogens is 442 g/mol. The maximum Gasteiger partial charge on any atom is 0.337 e. The number of carboxylic acid groups (broad SMARTS) is 1. The van der Waals surface area contributed by atoms with Gasteiger partial charge < -0.3 is 25.4 Å². The number of aromatic carboxylic acids is 1. The van der Waals surface area contributed by atoms with Crippen molar-refractivity contribution in [1.82, 2.24) is 4.90 Å². The summed E-state index contributed by atoms with van der Waals surface area (Å²) < 4.78 is 6.09. The molecule has 7 nitrogen and oxygen atoms in total. The van der Waals surface area contributed by atoms with E-state index in [-0.39, 0.29) is 6.10 Å². The van der Waals surface area contributed by atoms with Crippen molar-refractivity contribution in [2.24, 2.45) is 11.7 Å². The Kier molecular flexibility index (Phi) is 7.40. The quantitative estimate of drug-likeness (QED) is 0.635. The number of ether oxygens (including phenoxy) is 1. The summed E-state index contributed by atoms with van der Waals surface area (Å²) in [5, 5.41) is 9.87. The number of nitrogens with two attached hydrogens (primary N) is 1. The number of anilines is 1. The lowest BCUT2D eigenvalue weighted by molar-refractivity contribution is 0.0696. The summed E-state index contributed by atoms with van der Waals surface area (Å²) in [6, 6.07) is 12.2. The number of para-hydroxylation sites is 1. The summed E-state index contributed by atoms with van der Waals surface area (Å²) in [7, 11) is 0. The van der Waals surface area contributed by atoms with Crippen LogP contribution in [0.25, 0.3) is 0 Å². The predicted octanol–water partition coefficient (Wildman–Crippen LogP) is 3.90. The van der Waals surface area contributed by atoms with E-state index in [4.69, 9.17) is 22.1 Å². The van der Waals surface area contributed by atoms with E-state index in [1.54, 1.807) is 30.3 Å². The van der Waals surface area contributed by atoms with Crippen molar-refractivity contribution in [2.75, 3.05) is 37.6 Å². The molecule has 0 radical (unpaired) electrons. The number of likely N-dealkylation sites (tertiary alicyclic amines) is 1. The van der Waals surface area contributed by atoms with E-state index in [1.165, 1.54) is 0 Å². The van der Waals surface area contributed by atoms with E-state index in [0.717, 1.165) is 64.1 Å². The number of carbonyl (C=O) groups excluding carboxylic acids is 1. The van der Waals surface area contributed by atoms with Crippen LogP contribution in [0.4, 0.5) is 5.69 Å². The van der Waals surface area contributed by atoms with E-state index in [1.807, 2.05) is 12.1 Å². The number of nitrogens with zero attached hydrogens (tertiary/aromatic N) is 2. The molecule has 4 rings (SSSR count). The van der Waals surface area contributed by atoms with Crippen LogP contribution < -0.4 is 15.4 Å². The molecule has 2 aromatic rings. The SMILES string of the molecule is NC(=O)c1ccc(OC2CCN(CC3CCN(c4ccccc4C(=O)O)CC3)CC2)c(Cl)c1. The maximum absolute atomic E-state index is 11.5. The Bertz CT molecular complexity index is 999. The average molecular weight is 472 g/mol. The fourth-order valence-corrected chi connectivity index (χ4v) is 5.02. The number of halogens is 1. The van der Waals surface area contributed by atoms with Crippen LogP contribution in [0.1, 0.15) is 46.4 Å². The molecule has 2 heterocycles. The van der Waals surface area contributed by atoms with Crippen molar-refractivity contribution >= 4 is 29.2 Å². The lowest BCUT2D eigenvalue weighted by Gasteiger charge is -2.38. The summed E-state index contributed by atoms with van der Waals surface area (Å²) in [5.74, 6) is -0.169. The van der Waals surface area contributed by atoms with Gasteiger partial charge in [-0.05, 0) is 61.9 Å². The van der Waals surface area contributed by atoms with Gasteiger partial charge in [0.1, 0.15) is 11.9 Å². The van der Waals surface area contributed by atoms with E-state index in [0.29, 0.717) is 27.8 Å². The van der Waals surface area contributed by atoms with Crippen molar-refractivity contribution in [2.45, 2.75) is 31.8 Å². The molecule has 176 valence electrons. The minimum Gasteiger partial charge on any atom is -0.489 e. The molecule has 2 aliphatic rings. The first-order valence-electron chi connectivity index (χ1n) is 11.5. The fourth-order valence-electron chi connectivity index (χ4n) is 4.79. The van der Waals surface area contributed by atoms with Gasteiger partial charge in [0.15, 0.2) is 0 Å². The zero-order chi connectivity index (χ0) is 23.4. The summed E-state index contributed by atoms with van der Waals surface area (Å²) in [6.07, 6.45) is 4.09. The van der Waals surface area contributed by atoms with Gasteiger partial charge in [-0.3, -0.25) is 4.79 Å². The maximum atomic E-state index is 11.5. The minimum atomic E-state index is -0.872. The van der Waals surface area contributed by atoms with Gasteiger partial charge in [-0.25, -0.2) is 4.79 Å². The number of rotatable bonds is 7. The monoisotopic (exact) mass is 471 g/mol. The number of carboxylic acids is 1. The second-order valence-electron chi connectivity index (χ2n) is 8.88. The Morgan fingerprint density at radius 2 is 1.73 bits per heavy atom. The smallest absolute Gasteiger partial charge is 0.337 e. The molecule has 0 bridgehead atoms. The summed E-state index contributed by atoms with van der Waals surface area (Å²) in [5.41, 5.74) is 6.87. The van der Waals surface area contributed by atoms with Crippen LogP contribution in [0.3, 0.4) is 0 Å². The van der Waals surface area contributed by atoms with Crippen LogP contribution in [-0.4, -0.2) is 60.7 Å². The molecule has 0 aliphatic carbocycles. The van der Waals surface area contributed by atoms with Gasteiger partial charge in [0.2, 0.25) is 5.91 Å². The number of hydrogen-bond acceptors (Lipinski definition) is 5. The van der Waals surface area contributed by atoms with Crippen molar-refractivity contribution in [3.8, 4) is 5.75 Å². The Balaban J connectivity index is 1.23. The summed E-state index contributed by atoms with van der Waals surface area (Å²) >= 11 is 6.25. The van der Waals surface area contributed by atoms with Crippen molar-refractivity contribution in [3.05, 3.63) is 58.6 Å². The van der Waals surface area contributed by atoms with E-state index in [2.05, 4.69) is 9.80 Å². The Hall–Kier alpha value is -2.77. The van der Waals surface area contributed by atoms with E-state index < -0.39 is 11.9 Å². The van der Waals surface area contributed by atoms with Gasteiger partial charge in [0.25, 0.3) is 0 Å². The number of benzene rings is 2. The van der Waals surface area contributed by atoms with Crippen molar-refractivity contribution in [1.29, 1.82) is 0 Å². The number of carbonyl (C=O) groups is 2. The molecule has 8 heteroatoms. The van der Waals surface area contributed by atoms with Gasteiger partial charge in [0.05, 0.1) is 16.3 Å². The van der Waals surface area contributed by atoms with Crippen LogP contribution >= 0.6 is 11.6 Å². The Morgan fingerprint density at radius 1 is 1.03 bits per heavy atom. The lowest BCUT2D eigenvalue weighted by atomic mass is 9.94. The second-order valence-corrected chi connectivity index (χ2v) is 9.29. The molecule has 0 spiro atoms. The van der Waals surface area contributed by atoms with E-state index in [9.17, 15) is 14.7 Å². The molecule has 2 aliphatic heterocycles. The number of piperidine rings is 2. The van der Waals surface area contributed by atoms with E-state index >= 15 is 0 Å². The highest BCUT2D eigenvalue weighted by Crippen LogP contribution is 2.30. The standard InChI is InChI=1S/C25H30ClN3O4/c26-21-15-18(24(27)30)5-6-23(21)33-19-9-11-28(12-10-19)16-17-7-13-29(14-8-17)22-4-2-1-3-20(22)25(31)32/h1-6,15,17,19H,7-14,16H2,(H2,27,30)(H,31,32). The van der Waals surface area contributed by atoms with Gasteiger partial charge in [-0.15, -0.1) is 0 Å². The zero-order valence-electron chi connectivity index (χ0n) is 18.6. The highest BCUT2D eigenvalue weighted by atomic mass is 35.5. The van der Waals surface area contributed by atoms with Crippen LogP contribution in [0.5, 0.6) is 5.75 Å². The minimum absolute atomic E-state index is 0.104. The first kappa shape index (κ1) is 23.4. The fraction of sp³-hybridized carbons (Fsp3) is 0.440. The van der Waals surface area contributed by atoms with Crippen molar-refractivity contribution < 1.29 is 19.4 Å². The zero-order valence-corrected chi connectivity index (χ0v) is 19.3. The normalized spacial score (nSPS) is 18.3. The highest BCUT2D eigenvalue weighted by Gasteiger charge is 2.27.